The molecular formula is C21H27N3O. The van der Waals surface area contributed by atoms with E-state index in [1.54, 1.807) is 0 Å². The molecule has 0 radical (unpaired) electrons. The van der Waals surface area contributed by atoms with Gasteiger partial charge in [-0.25, -0.2) is 0 Å². The molecule has 0 aromatic heterocycles. The van der Waals surface area contributed by atoms with E-state index < -0.39 is 0 Å². The number of piperazine rings is 1. The predicted molar refractivity (Wildman–Crippen MR) is 104 cm³/mol. The molecule has 132 valence electrons. The number of amides is 1. The van der Waals surface area contributed by atoms with Crippen molar-refractivity contribution in [3.63, 3.8) is 0 Å². The second-order valence-electron chi connectivity index (χ2n) is 6.76. The minimum absolute atomic E-state index is 0.268. The molecular weight excluding hydrogens is 310 g/mol. The molecule has 1 amide bonds. The third-order valence-corrected chi connectivity index (χ3v) is 4.83. The van der Waals surface area contributed by atoms with E-state index in [1.165, 1.54) is 16.9 Å². The highest BCUT2D eigenvalue weighted by molar-refractivity contribution is 5.76. The fraction of sp³-hybridized carbons (Fsp3) is 0.381. The van der Waals surface area contributed by atoms with Crippen LogP contribution in [0.4, 0.5) is 11.4 Å². The van der Waals surface area contributed by atoms with Crippen LogP contribution in [0.2, 0.25) is 0 Å². The molecule has 3 rings (SSSR count). The number of carbonyl (C=O) groups is 1. The normalized spacial score (nSPS) is 14.5. The quantitative estimate of drug-likeness (QED) is 0.839. The molecule has 25 heavy (non-hydrogen) atoms. The van der Waals surface area contributed by atoms with Gasteiger partial charge >= 0.3 is 0 Å². The Morgan fingerprint density at radius 2 is 1.56 bits per heavy atom. The summed E-state index contributed by atoms with van der Waals surface area (Å²) < 4.78 is 0. The van der Waals surface area contributed by atoms with Gasteiger partial charge in [0.15, 0.2) is 0 Å². The third kappa shape index (κ3) is 4.53. The summed E-state index contributed by atoms with van der Waals surface area (Å²) in [6, 6.07) is 18.9. The average Bonchev–Trinajstić information content (AvgIpc) is 2.67. The summed E-state index contributed by atoms with van der Waals surface area (Å²) in [4.78, 5) is 18.9. The van der Waals surface area contributed by atoms with Crippen LogP contribution >= 0.6 is 0 Å². The number of anilines is 2. The Morgan fingerprint density at radius 3 is 2.16 bits per heavy atom. The van der Waals surface area contributed by atoms with Crippen molar-refractivity contribution < 1.29 is 4.79 Å². The Morgan fingerprint density at radius 1 is 0.920 bits per heavy atom. The molecule has 0 aliphatic carbocycles. The Kier molecular flexibility index (Phi) is 5.59. The van der Waals surface area contributed by atoms with Crippen LogP contribution in [0.25, 0.3) is 0 Å². The van der Waals surface area contributed by atoms with Crippen molar-refractivity contribution in [2.24, 2.45) is 0 Å². The Balaban J connectivity index is 1.46. The first-order valence-corrected chi connectivity index (χ1v) is 8.97. The SMILES string of the molecule is CN(C)c1ccc(CCC(=O)N2CCN(c3ccccc3)CC2)cc1. The molecule has 0 N–H and O–H groups in total. The number of hydrogen-bond donors (Lipinski definition) is 0. The second kappa shape index (κ2) is 8.06. The fourth-order valence-electron chi connectivity index (χ4n) is 3.22. The summed E-state index contributed by atoms with van der Waals surface area (Å²) in [5.41, 5.74) is 3.66. The number of benzene rings is 2. The smallest absolute Gasteiger partial charge is 0.223 e. The van der Waals surface area contributed by atoms with E-state index in [2.05, 4.69) is 58.3 Å². The number of para-hydroxylation sites is 1. The van der Waals surface area contributed by atoms with Gasteiger partial charge in [-0.1, -0.05) is 30.3 Å². The van der Waals surface area contributed by atoms with E-state index in [0.29, 0.717) is 6.42 Å². The minimum atomic E-state index is 0.268. The van der Waals surface area contributed by atoms with Crippen LogP contribution in [0.1, 0.15) is 12.0 Å². The predicted octanol–water partition coefficient (Wildman–Crippen LogP) is 3.03. The lowest BCUT2D eigenvalue weighted by atomic mass is 10.1. The molecule has 0 saturated carbocycles. The van der Waals surface area contributed by atoms with Gasteiger partial charge in [-0.2, -0.15) is 0 Å². The van der Waals surface area contributed by atoms with E-state index in [1.807, 2.05) is 25.1 Å². The van der Waals surface area contributed by atoms with Crippen molar-refractivity contribution in [1.29, 1.82) is 0 Å². The first kappa shape index (κ1) is 17.3. The third-order valence-electron chi connectivity index (χ3n) is 4.83. The van der Waals surface area contributed by atoms with Gasteiger partial charge in [0.2, 0.25) is 5.91 Å². The lowest BCUT2D eigenvalue weighted by Crippen LogP contribution is -2.48. The van der Waals surface area contributed by atoms with E-state index in [-0.39, 0.29) is 5.91 Å². The fourth-order valence-corrected chi connectivity index (χ4v) is 3.22. The van der Waals surface area contributed by atoms with Gasteiger partial charge in [-0.05, 0) is 36.2 Å². The van der Waals surface area contributed by atoms with Crippen LogP contribution in [0.5, 0.6) is 0 Å². The lowest BCUT2D eigenvalue weighted by molar-refractivity contribution is -0.131. The summed E-state index contributed by atoms with van der Waals surface area (Å²) in [7, 11) is 4.07. The Hall–Kier alpha value is -2.49. The monoisotopic (exact) mass is 337 g/mol. The van der Waals surface area contributed by atoms with Crippen molar-refractivity contribution >= 4 is 17.3 Å². The van der Waals surface area contributed by atoms with Gasteiger partial charge < -0.3 is 14.7 Å². The molecule has 0 atom stereocenters. The molecule has 0 bridgehead atoms. The number of nitrogens with zero attached hydrogens (tertiary/aromatic N) is 3. The standard InChI is InChI=1S/C21H27N3O/c1-22(2)19-11-8-18(9-12-19)10-13-21(25)24-16-14-23(15-17-24)20-6-4-3-5-7-20/h3-9,11-12H,10,13-17H2,1-2H3. The van der Waals surface area contributed by atoms with Crippen LogP contribution in [0, 0.1) is 0 Å². The average molecular weight is 337 g/mol. The van der Waals surface area contributed by atoms with E-state index in [4.69, 9.17) is 0 Å². The van der Waals surface area contributed by atoms with E-state index in [0.717, 1.165) is 32.6 Å². The van der Waals surface area contributed by atoms with Gasteiger partial charge in [0.05, 0.1) is 0 Å². The van der Waals surface area contributed by atoms with Gasteiger partial charge in [0.1, 0.15) is 0 Å². The first-order valence-electron chi connectivity index (χ1n) is 8.97. The zero-order valence-electron chi connectivity index (χ0n) is 15.2. The molecule has 4 heteroatoms. The largest absolute Gasteiger partial charge is 0.378 e. The maximum Gasteiger partial charge on any atom is 0.223 e. The molecule has 2 aromatic rings. The van der Waals surface area contributed by atoms with Crippen LogP contribution < -0.4 is 9.80 Å². The summed E-state index contributed by atoms with van der Waals surface area (Å²) in [5.74, 6) is 0.268. The zero-order valence-corrected chi connectivity index (χ0v) is 15.2. The highest BCUT2D eigenvalue weighted by atomic mass is 16.2. The number of carbonyl (C=O) groups excluding carboxylic acids is 1. The highest BCUT2D eigenvalue weighted by Crippen LogP contribution is 2.17. The van der Waals surface area contributed by atoms with Crippen LogP contribution in [0.15, 0.2) is 54.6 Å². The minimum Gasteiger partial charge on any atom is -0.378 e. The molecule has 4 nitrogen and oxygen atoms in total. The highest BCUT2D eigenvalue weighted by Gasteiger charge is 2.20. The molecule has 0 spiro atoms. The Bertz CT molecular complexity index is 674. The molecule has 1 aliphatic heterocycles. The maximum absolute atomic E-state index is 12.5. The zero-order chi connectivity index (χ0) is 17.6. The molecule has 1 aliphatic rings. The molecule has 0 unspecified atom stereocenters. The van der Waals surface area contributed by atoms with Gasteiger partial charge in [0.25, 0.3) is 0 Å². The number of hydrogen-bond acceptors (Lipinski definition) is 3. The lowest BCUT2D eigenvalue weighted by Gasteiger charge is -2.36. The maximum atomic E-state index is 12.5. The number of rotatable bonds is 5. The van der Waals surface area contributed by atoms with Crippen molar-refractivity contribution in [3.05, 3.63) is 60.2 Å². The molecule has 1 heterocycles. The van der Waals surface area contributed by atoms with Gasteiger partial charge in [0, 0.05) is 58.1 Å². The topological polar surface area (TPSA) is 26.8 Å². The van der Waals surface area contributed by atoms with Crippen molar-refractivity contribution in [3.8, 4) is 0 Å². The molecule has 1 saturated heterocycles. The van der Waals surface area contributed by atoms with E-state index in [9.17, 15) is 4.79 Å². The summed E-state index contributed by atoms with van der Waals surface area (Å²) in [6.45, 7) is 3.45. The summed E-state index contributed by atoms with van der Waals surface area (Å²) >= 11 is 0. The molecule has 1 fully saturated rings. The summed E-state index contributed by atoms with van der Waals surface area (Å²) in [5, 5.41) is 0. The van der Waals surface area contributed by atoms with Gasteiger partial charge in [-0.15, -0.1) is 0 Å². The number of aryl methyl sites for hydroxylation is 1. The van der Waals surface area contributed by atoms with Crippen LogP contribution in [-0.4, -0.2) is 51.1 Å². The van der Waals surface area contributed by atoms with Crippen molar-refractivity contribution in [2.45, 2.75) is 12.8 Å². The van der Waals surface area contributed by atoms with Crippen LogP contribution in [0.3, 0.4) is 0 Å². The first-order chi connectivity index (χ1) is 12.1. The molecule has 2 aromatic carbocycles. The van der Waals surface area contributed by atoms with E-state index >= 15 is 0 Å². The Labute approximate surface area is 150 Å². The second-order valence-corrected chi connectivity index (χ2v) is 6.76. The van der Waals surface area contributed by atoms with Crippen LogP contribution in [-0.2, 0) is 11.2 Å². The van der Waals surface area contributed by atoms with Crippen molar-refractivity contribution in [2.75, 3.05) is 50.1 Å². The summed E-state index contributed by atoms with van der Waals surface area (Å²) in [6.07, 6.45) is 1.40. The van der Waals surface area contributed by atoms with Gasteiger partial charge in [-0.3, -0.25) is 4.79 Å². The van der Waals surface area contributed by atoms with Crippen molar-refractivity contribution in [1.82, 2.24) is 4.90 Å².